The first-order valence-corrected chi connectivity index (χ1v) is 7.67. The van der Waals surface area contributed by atoms with Crippen molar-refractivity contribution in [2.24, 2.45) is 0 Å². The molecule has 106 valence electrons. The van der Waals surface area contributed by atoms with Crippen LogP contribution in [0.2, 0.25) is 20.1 Å². The summed E-state index contributed by atoms with van der Waals surface area (Å²) < 4.78 is 5.72. The van der Waals surface area contributed by atoms with E-state index < -0.39 is 0 Å². The minimum absolute atomic E-state index is 0.241. The zero-order valence-electron chi connectivity index (χ0n) is 10.1. The second-order valence-corrected chi connectivity index (χ2v) is 5.91. The fraction of sp³-hybridized carbons (Fsp3) is 0.143. The lowest BCUT2D eigenvalue weighted by Crippen LogP contribution is -1.99. The number of benzene rings is 2. The number of hydrogen-bond acceptors (Lipinski definition) is 1. The van der Waals surface area contributed by atoms with E-state index >= 15 is 0 Å². The predicted octanol–water partition coefficient (Wildman–Crippen LogP) is 6.62. The van der Waals surface area contributed by atoms with E-state index in [0.717, 1.165) is 11.1 Å². The Kier molecular flexibility index (Phi) is 5.71. The van der Waals surface area contributed by atoms with Crippen LogP contribution in [0.15, 0.2) is 30.3 Å². The third-order valence-electron chi connectivity index (χ3n) is 2.63. The summed E-state index contributed by atoms with van der Waals surface area (Å²) in [6.45, 7) is 0.241. The van der Waals surface area contributed by atoms with Gasteiger partial charge in [0.1, 0.15) is 12.4 Å². The van der Waals surface area contributed by atoms with Crippen LogP contribution in [0.25, 0.3) is 0 Å². The Hall–Kier alpha value is -0.310. The first kappa shape index (κ1) is 16.1. The summed E-state index contributed by atoms with van der Waals surface area (Å²) >= 11 is 30.0. The second kappa shape index (κ2) is 7.11. The normalized spacial score (nSPS) is 10.7. The molecule has 0 aromatic heterocycles. The van der Waals surface area contributed by atoms with Gasteiger partial charge < -0.3 is 4.74 Å². The lowest BCUT2D eigenvalue weighted by atomic mass is 10.2. The Morgan fingerprint density at radius 3 is 2.35 bits per heavy atom. The third kappa shape index (κ3) is 3.66. The van der Waals surface area contributed by atoms with Crippen LogP contribution in [0.4, 0.5) is 0 Å². The molecule has 0 saturated heterocycles. The van der Waals surface area contributed by atoms with E-state index in [1.165, 1.54) is 0 Å². The second-order valence-electron chi connectivity index (χ2n) is 4.01. The van der Waals surface area contributed by atoms with E-state index in [2.05, 4.69) is 0 Å². The van der Waals surface area contributed by atoms with Crippen molar-refractivity contribution in [2.45, 2.75) is 12.5 Å². The molecule has 0 radical (unpaired) electrons. The van der Waals surface area contributed by atoms with Gasteiger partial charge in [0, 0.05) is 16.1 Å². The van der Waals surface area contributed by atoms with Gasteiger partial charge in [-0.3, -0.25) is 0 Å². The summed E-state index contributed by atoms with van der Waals surface area (Å²) in [7, 11) is 0. The molecule has 0 N–H and O–H groups in total. The first-order chi connectivity index (χ1) is 9.52. The Morgan fingerprint density at radius 1 is 0.900 bits per heavy atom. The maximum atomic E-state index is 6.12. The van der Waals surface area contributed by atoms with Crippen LogP contribution in [0.5, 0.6) is 5.75 Å². The summed E-state index contributed by atoms with van der Waals surface area (Å²) in [6, 6.07) is 8.67. The molecule has 0 aliphatic carbocycles. The van der Waals surface area contributed by atoms with Crippen molar-refractivity contribution >= 4 is 58.0 Å². The summed E-state index contributed by atoms with van der Waals surface area (Å²) in [6.07, 6.45) is 0. The van der Waals surface area contributed by atoms with Crippen molar-refractivity contribution in [3.63, 3.8) is 0 Å². The number of ether oxygens (including phenoxy) is 1. The van der Waals surface area contributed by atoms with Crippen LogP contribution in [-0.2, 0) is 12.5 Å². The summed E-state index contributed by atoms with van der Waals surface area (Å²) in [5.41, 5.74) is 1.49. The number of halogens is 5. The quantitative estimate of drug-likeness (QED) is 0.550. The average Bonchev–Trinajstić information content (AvgIpc) is 2.41. The van der Waals surface area contributed by atoms with Crippen LogP contribution in [0, 0.1) is 0 Å². The highest BCUT2D eigenvalue weighted by Crippen LogP contribution is 2.35. The van der Waals surface area contributed by atoms with Gasteiger partial charge >= 0.3 is 0 Å². The van der Waals surface area contributed by atoms with Gasteiger partial charge in [-0.05, 0) is 18.2 Å². The predicted molar refractivity (Wildman–Crippen MR) is 86.8 cm³/mol. The Labute approximate surface area is 142 Å². The Morgan fingerprint density at radius 2 is 1.65 bits per heavy atom. The molecule has 2 aromatic rings. The molecule has 0 aliphatic rings. The molecule has 2 aromatic carbocycles. The van der Waals surface area contributed by atoms with E-state index in [4.69, 9.17) is 62.7 Å². The molecular formula is C14H9Cl5O. The summed E-state index contributed by atoms with van der Waals surface area (Å²) in [5.74, 6) is 0.751. The molecule has 2 rings (SSSR count). The highest BCUT2D eigenvalue weighted by atomic mass is 35.5. The molecule has 0 spiro atoms. The van der Waals surface area contributed by atoms with Crippen molar-refractivity contribution < 1.29 is 4.74 Å². The van der Waals surface area contributed by atoms with Gasteiger partial charge in [-0.2, -0.15) is 0 Å². The highest BCUT2D eigenvalue weighted by Gasteiger charge is 2.12. The lowest BCUT2D eigenvalue weighted by molar-refractivity contribution is 0.304. The molecule has 0 heterocycles. The van der Waals surface area contributed by atoms with Crippen LogP contribution in [0.1, 0.15) is 11.1 Å². The van der Waals surface area contributed by atoms with Crippen molar-refractivity contribution in [1.29, 1.82) is 0 Å². The van der Waals surface area contributed by atoms with E-state index in [1.807, 2.05) is 6.07 Å². The molecule has 6 heteroatoms. The molecule has 0 atom stereocenters. The summed E-state index contributed by atoms with van der Waals surface area (Å²) in [5, 5.41) is 1.87. The fourth-order valence-electron chi connectivity index (χ4n) is 1.68. The molecule has 0 saturated carbocycles. The molecule has 0 bridgehead atoms. The topological polar surface area (TPSA) is 9.23 Å². The lowest BCUT2D eigenvalue weighted by Gasteiger charge is -2.13. The van der Waals surface area contributed by atoms with Crippen LogP contribution in [-0.4, -0.2) is 0 Å². The SMILES string of the molecule is ClCc1cc(Cl)cc(Cl)c1OCc1cccc(Cl)c1Cl. The van der Waals surface area contributed by atoms with Gasteiger partial charge in [-0.1, -0.05) is 58.5 Å². The van der Waals surface area contributed by atoms with E-state index in [1.54, 1.807) is 24.3 Å². The van der Waals surface area contributed by atoms with E-state index in [9.17, 15) is 0 Å². The highest BCUT2D eigenvalue weighted by molar-refractivity contribution is 6.42. The Balaban J connectivity index is 2.25. The van der Waals surface area contributed by atoms with E-state index in [-0.39, 0.29) is 12.5 Å². The monoisotopic (exact) mass is 368 g/mol. The zero-order chi connectivity index (χ0) is 14.7. The average molecular weight is 370 g/mol. The zero-order valence-corrected chi connectivity index (χ0v) is 13.9. The Bertz CT molecular complexity index is 627. The first-order valence-electron chi connectivity index (χ1n) is 5.62. The van der Waals surface area contributed by atoms with Crippen molar-refractivity contribution in [3.05, 3.63) is 61.5 Å². The smallest absolute Gasteiger partial charge is 0.142 e. The largest absolute Gasteiger partial charge is 0.487 e. The van der Waals surface area contributed by atoms with Crippen LogP contribution >= 0.6 is 58.0 Å². The standard InChI is InChI=1S/C14H9Cl5O/c15-6-9-4-10(16)5-12(18)14(9)20-7-8-2-1-3-11(17)13(8)19/h1-5H,6-7H2. The minimum atomic E-state index is 0.241. The molecule has 0 fully saturated rings. The van der Waals surface area contributed by atoms with Crippen LogP contribution in [0.3, 0.4) is 0 Å². The van der Waals surface area contributed by atoms with Crippen molar-refractivity contribution in [3.8, 4) is 5.75 Å². The molecular weight excluding hydrogens is 361 g/mol. The van der Waals surface area contributed by atoms with Crippen molar-refractivity contribution in [2.75, 3.05) is 0 Å². The molecule has 0 aliphatic heterocycles. The number of hydrogen-bond donors (Lipinski definition) is 0. The van der Waals surface area contributed by atoms with Crippen molar-refractivity contribution in [1.82, 2.24) is 0 Å². The minimum Gasteiger partial charge on any atom is -0.487 e. The fourth-order valence-corrected chi connectivity index (χ4v) is 2.85. The molecule has 0 unspecified atom stereocenters. The molecule has 20 heavy (non-hydrogen) atoms. The third-order valence-corrected chi connectivity index (χ3v) is 4.28. The van der Waals surface area contributed by atoms with Crippen LogP contribution < -0.4 is 4.74 Å². The van der Waals surface area contributed by atoms with Gasteiger partial charge in [0.2, 0.25) is 0 Å². The maximum absolute atomic E-state index is 6.12. The van der Waals surface area contributed by atoms with Gasteiger partial charge in [-0.15, -0.1) is 11.6 Å². The van der Waals surface area contributed by atoms with Gasteiger partial charge in [0.05, 0.1) is 20.9 Å². The number of rotatable bonds is 4. The molecule has 1 nitrogen and oxygen atoms in total. The van der Waals surface area contributed by atoms with E-state index in [0.29, 0.717) is 25.8 Å². The number of alkyl halides is 1. The van der Waals surface area contributed by atoms with Gasteiger partial charge in [0.15, 0.2) is 0 Å². The van der Waals surface area contributed by atoms with Gasteiger partial charge in [0.25, 0.3) is 0 Å². The maximum Gasteiger partial charge on any atom is 0.142 e. The molecule has 0 amide bonds. The summed E-state index contributed by atoms with van der Waals surface area (Å²) in [4.78, 5) is 0. The van der Waals surface area contributed by atoms with Gasteiger partial charge in [-0.25, -0.2) is 0 Å².